The van der Waals surface area contributed by atoms with Crippen molar-refractivity contribution in [2.45, 2.75) is 19.8 Å². The summed E-state index contributed by atoms with van der Waals surface area (Å²) >= 11 is 0. The Kier molecular flexibility index (Phi) is 8.09. The van der Waals surface area contributed by atoms with Gasteiger partial charge in [0.2, 0.25) is 5.91 Å². The summed E-state index contributed by atoms with van der Waals surface area (Å²) in [6, 6.07) is 14.5. The lowest BCUT2D eigenvalue weighted by Gasteiger charge is -2.26. The van der Waals surface area contributed by atoms with Crippen molar-refractivity contribution in [1.82, 2.24) is 4.90 Å². The molecule has 1 saturated heterocycles. The molecular weight excluding hydrogens is 382 g/mol. The maximum atomic E-state index is 12.5. The molecule has 160 valence electrons. The van der Waals surface area contributed by atoms with Gasteiger partial charge in [-0.25, -0.2) is 0 Å². The molecule has 2 aromatic carbocycles. The highest BCUT2D eigenvalue weighted by atomic mass is 16.5. The average molecular weight is 412 g/mol. The van der Waals surface area contributed by atoms with Crippen molar-refractivity contribution < 1.29 is 19.1 Å². The number of ether oxygens (including phenoxy) is 2. The number of nitrogens with zero attached hydrogens (tertiary/aromatic N) is 1. The molecule has 1 aliphatic heterocycles. The first-order valence-corrected chi connectivity index (χ1v) is 10.4. The van der Waals surface area contributed by atoms with Gasteiger partial charge in [-0.3, -0.25) is 9.59 Å². The molecule has 2 N–H and O–H groups in total. The Morgan fingerprint density at radius 2 is 1.83 bits per heavy atom. The fourth-order valence-electron chi connectivity index (χ4n) is 3.07. The third-order valence-electron chi connectivity index (χ3n) is 4.77. The maximum Gasteiger partial charge on any atom is 0.254 e. The molecule has 0 bridgehead atoms. The summed E-state index contributed by atoms with van der Waals surface area (Å²) < 4.78 is 10.9. The lowest BCUT2D eigenvalue weighted by atomic mass is 10.1. The number of anilines is 2. The predicted octanol–water partition coefficient (Wildman–Crippen LogP) is 3.39. The molecule has 0 aromatic heterocycles. The molecule has 0 aliphatic carbocycles. The zero-order valence-corrected chi connectivity index (χ0v) is 17.4. The third-order valence-corrected chi connectivity index (χ3v) is 4.77. The van der Waals surface area contributed by atoms with E-state index < -0.39 is 0 Å². The van der Waals surface area contributed by atoms with Crippen LogP contribution in [0.1, 0.15) is 30.1 Å². The first-order valence-electron chi connectivity index (χ1n) is 10.4. The Morgan fingerprint density at radius 3 is 2.57 bits per heavy atom. The Morgan fingerprint density at radius 1 is 1.07 bits per heavy atom. The summed E-state index contributed by atoms with van der Waals surface area (Å²) in [6.07, 6.45) is 2.07. The SMILES string of the molecule is CCCCOc1cccc(NC(=O)CNc2ccc(C(=O)N3CCOCC3)cc2)c1. The average Bonchev–Trinajstić information content (AvgIpc) is 2.79. The van der Waals surface area contributed by atoms with Gasteiger partial charge < -0.3 is 25.0 Å². The van der Waals surface area contributed by atoms with Gasteiger partial charge in [-0.2, -0.15) is 0 Å². The summed E-state index contributed by atoms with van der Waals surface area (Å²) in [5.41, 5.74) is 2.11. The number of hydrogen-bond donors (Lipinski definition) is 2. The first kappa shape index (κ1) is 21.6. The smallest absolute Gasteiger partial charge is 0.254 e. The minimum absolute atomic E-state index is 0.00336. The van der Waals surface area contributed by atoms with Gasteiger partial charge in [0.25, 0.3) is 5.91 Å². The van der Waals surface area contributed by atoms with Crippen LogP contribution in [0.3, 0.4) is 0 Å². The van der Waals surface area contributed by atoms with Crippen molar-refractivity contribution in [3.05, 3.63) is 54.1 Å². The van der Waals surface area contributed by atoms with E-state index >= 15 is 0 Å². The zero-order chi connectivity index (χ0) is 21.2. The lowest BCUT2D eigenvalue weighted by Crippen LogP contribution is -2.40. The van der Waals surface area contributed by atoms with Crippen molar-refractivity contribution >= 4 is 23.2 Å². The topological polar surface area (TPSA) is 79.9 Å². The highest BCUT2D eigenvalue weighted by molar-refractivity contribution is 5.95. The number of benzene rings is 2. The van der Waals surface area contributed by atoms with Crippen LogP contribution in [-0.2, 0) is 9.53 Å². The maximum absolute atomic E-state index is 12.5. The number of morpholine rings is 1. The highest BCUT2D eigenvalue weighted by Crippen LogP contribution is 2.18. The summed E-state index contributed by atoms with van der Waals surface area (Å²) in [7, 11) is 0. The van der Waals surface area contributed by atoms with E-state index in [1.165, 1.54) is 0 Å². The van der Waals surface area contributed by atoms with E-state index in [2.05, 4.69) is 17.6 Å². The van der Waals surface area contributed by atoms with E-state index in [1.807, 2.05) is 36.4 Å². The molecule has 0 radical (unpaired) electrons. The molecule has 3 rings (SSSR count). The van der Waals surface area contributed by atoms with Crippen LogP contribution >= 0.6 is 0 Å². The number of rotatable bonds is 9. The number of carbonyl (C=O) groups excluding carboxylic acids is 2. The van der Waals surface area contributed by atoms with E-state index in [-0.39, 0.29) is 18.4 Å². The molecule has 1 aliphatic rings. The molecular formula is C23H29N3O4. The van der Waals surface area contributed by atoms with Gasteiger partial charge in [0.1, 0.15) is 5.75 Å². The number of amides is 2. The van der Waals surface area contributed by atoms with Gasteiger partial charge in [-0.05, 0) is 42.8 Å². The van der Waals surface area contributed by atoms with Crippen LogP contribution in [0.5, 0.6) is 5.75 Å². The molecule has 2 amide bonds. The van der Waals surface area contributed by atoms with Crippen LogP contribution in [0, 0.1) is 0 Å². The number of unbranched alkanes of at least 4 members (excludes halogenated alkanes) is 1. The first-order chi connectivity index (χ1) is 14.7. The van der Waals surface area contributed by atoms with E-state index in [9.17, 15) is 9.59 Å². The second-order valence-corrected chi connectivity index (χ2v) is 7.11. The molecule has 1 fully saturated rings. The van der Waals surface area contributed by atoms with E-state index in [0.29, 0.717) is 44.2 Å². The molecule has 0 saturated carbocycles. The van der Waals surface area contributed by atoms with Gasteiger partial charge >= 0.3 is 0 Å². The Bertz CT molecular complexity index is 833. The zero-order valence-electron chi connectivity index (χ0n) is 17.4. The summed E-state index contributed by atoms with van der Waals surface area (Å²) in [5, 5.41) is 5.94. The van der Waals surface area contributed by atoms with E-state index in [0.717, 1.165) is 24.3 Å². The van der Waals surface area contributed by atoms with Gasteiger partial charge in [-0.1, -0.05) is 19.4 Å². The van der Waals surface area contributed by atoms with Crippen LogP contribution < -0.4 is 15.4 Å². The van der Waals surface area contributed by atoms with Gasteiger partial charge in [0, 0.05) is 36.1 Å². The quantitative estimate of drug-likeness (QED) is 0.619. The largest absolute Gasteiger partial charge is 0.494 e. The molecule has 7 heteroatoms. The monoisotopic (exact) mass is 411 g/mol. The second kappa shape index (κ2) is 11.2. The molecule has 0 atom stereocenters. The molecule has 30 heavy (non-hydrogen) atoms. The van der Waals surface area contributed by atoms with Crippen molar-refractivity contribution in [2.24, 2.45) is 0 Å². The number of hydrogen-bond acceptors (Lipinski definition) is 5. The van der Waals surface area contributed by atoms with Gasteiger partial charge in [-0.15, -0.1) is 0 Å². The van der Waals surface area contributed by atoms with E-state index in [4.69, 9.17) is 9.47 Å². The van der Waals surface area contributed by atoms with E-state index in [1.54, 1.807) is 17.0 Å². The number of carbonyl (C=O) groups is 2. The predicted molar refractivity (Wildman–Crippen MR) is 117 cm³/mol. The molecule has 2 aromatic rings. The fraction of sp³-hybridized carbons (Fsp3) is 0.391. The molecule has 1 heterocycles. The summed E-state index contributed by atoms with van der Waals surface area (Å²) in [5.74, 6) is 0.590. The minimum atomic E-state index is -0.158. The van der Waals surface area contributed by atoms with Crippen LogP contribution in [0.15, 0.2) is 48.5 Å². The number of nitrogens with one attached hydrogen (secondary N) is 2. The van der Waals surface area contributed by atoms with Crippen LogP contribution in [0.2, 0.25) is 0 Å². The fourth-order valence-corrected chi connectivity index (χ4v) is 3.07. The third kappa shape index (κ3) is 6.49. The summed E-state index contributed by atoms with van der Waals surface area (Å²) in [4.78, 5) is 26.5. The van der Waals surface area contributed by atoms with Crippen molar-refractivity contribution in [2.75, 3.05) is 50.1 Å². The Labute approximate surface area is 177 Å². The van der Waals surface area contributed by atoms with Crippen molar-refractivity contribution in [3.63, 3.8) is 0 Å². The lowest BCUT2D eigenvalue weighted by molar-refractivity contribution is -0.114. The Balaban J connectivity index is 1.46. The standard InChI is InChI=1S/C23H29N3O4/c1-2-3-13-30-21-6-4-5-20(16-21)25-22(27)17-24-19-9-7-18(8-10-19)23(28)26-11-14-29-15-12-26/h4-10,16,24H,2-3,11-15,17H2,1H3,(H,25,27). The van der Waals surface area contributed by atoms with Crippen molar-refractivity contribution in [1.29, 1.82) is 0 Å². The van der Waals surface area contributed by atoms with Crippen LogP contribution in [0.4, 0.5) is 11.4 Å². The highest BCUT2D eigenvalue weighted by Gasteiger charge is 2.18. The molecule has 0 spiro atoms. The normalized spacial score (nSPS) is 13.6. The van der Waals surface area contributed by atoms with Crippen molar-refractivity contribution in [3.8, 4) is 5.75 Å². The minimum Gasteiger partial charge on any atom is -0.494 e. The Hall–Kier alpha value is -3.06. The van der Waals surface area contributed by atoms with Crippen LogP contribution in [0.25, 0.3) is 0 Å². The molecule has 7 nitrogen and oxygen atoms in total. The van der Waals surface area contributed by atoms with Gasteiger partial charge in [0.15, 0.2) is 0 Å². The second-order valence-electron chi connectivity index (χ2n) is 7.11. The molecule has 0 unspecified atom stereocenters. The van der Waals surface area contributed by atoms with Gasteiger partial charge in [0.05, 0.1) is 26.4 Å². The van der Waals surface area contributed by atoms with Crippen LogP contribution in [-0.4, -0.2) is 56.2 Å². The summed E-state index contributed by atoms with van der Waals surface area (Å²) in [6.45, 7) is 5.29.